The van der Waals surface area contributed by atoms with E-state index >= 15 is 0 Å². The number of para-hydroxylation sites is 2. The molecule has 0 saturated carbocycles. The molecular weight excluding hydrogens is 384 g/mol. The minimum atomic E-state index is 0.393. The van der Waals surface area contributed by atoms with Gasteiger partial charge in [-0.15, -0.1) is 0 Å². The molecule has 4 rings (SSSR count). The molecule has 6 nitrogen and oxygen atoms in total. The predicted octanol–water partition coefficient (Wildman–Crippen LogP) is 5.62. The first-order valence-corrected chi connectivity index (χ1v) is 9.38. The fraction of sp³-hybridized carbons (Fsp3) is 0. The van der Waals surface area contributed by atoms with Gasteiger partial charge in [-0.25, -0.2) is 9.97 Å². The molecule has 4 aromatic rings. The number of anilines is 6. The molecule has 7 heteroatoms. The summed E-state index contributed by atoms with van der Waals surface area (Å²) in [4.78, 5) is 8.60. The number of nitrogen functional groups attached to an aromatic ring is 1. The first kappa shape index (κ1) is 18.6. The topological polar surface area (TPSA) is 79.1 Å². The number of benzene rings is 3. The van der Waals surface area contributed by atoms with Crippen LogP contribution in [0.25, 0.3) is 0 Å². The van der Waals surface area contributed by atoms with Crippen LogP contribution in [0, 0.1) is 0 Å². The molecule has 1 aromatic heterocycles. The van der Waals surface area contributed by atoms with E-state index in [1.54, 1.807) is 12.1 Å². The third kappa shape index (κ3) is 4.39. The van der Waals surface area contributed by atoms with E-state index in [1.807, 2.05) is 77.8 Å². The van der Waals surface area contributed by atoms with Crippen molar-refractivity contribution in [3.05, 3.63) is 96.3 Å². The van der Waals surface area contributed by atoms with Gasteiger partial charge in [-0.05, 0) is 42.5 Å². The van der Waals surface area contributed by atoms with Gasteiger partial charge >= 0.3 is 0 Å². The van der Waals surface area contributed by atoms with Crippen molar-refractivity contribution in [2.45, 2.75) is 0 Å². The molecule has 0 bridgehead atoms. The molecule has 0 amide bonds. The Labute approximate surface area is 174 Å². The van der Waals surface area contributed by atoms with Gasteiger partial charge in [0.05, 0.1) is 11.4 Å². The van der Waals surface area contributed by atoms with Crippen LogP contribution in [0.15, 0.2) is 91.3 Å². The van der Waals surface area contributed by atoms with Crippen molar-refractivity contribution in [1.29, 1.82) is 0 Å². The van der Waals surface area contributed by atoms with Crippen LogP contribution in [0.5, 0.6) is 0 Å². The Balaban J connectivity index is 1.66. The van der Waals surface area contributed by atoms with E-state index in [-0.39, 0.29) is 0 Å². The first-order valence-electron chi connectivity index (χ1n) is 9.00. The summed E-state index contributed by atoms with van der Waals surface area (Å²) < 4.78 is 0. The lowest BCUT2D eigenvalue weighted by Crippen LogP contribution is -2.26. The lowest BCUT2D eigenvalue weighted by atomic mass is 10.2. The van der Waals surface area contributed by atoms with Crippen LogP contribution in [0.3, 0.4) is 0 Å². The van der Waals surface area contributed by atoms with E-state index in [0.29, 0.717) is 22.3 Å². The molecule has 3 aromatic carbocycles. The second kappa shape index (κ2) is 8.50. The highest BCUT2D eigenvalue weighted by Crippen LogP contribution is 2.30. The SMILES string of the molecule is Nc1c(Nc2cccc(Cl)c2)ncnc1NN(c1ccccc1)c1ccccc1. The van der Waals surface area contributed by atoms with Crippen LogP contribution in [-0.2, 0) is 0 Å². The molecule has 0 aliphatic rings. The molecule has 29 heavy (non-hydrogen) atoms. The fourth-order valence-electron chi connectivity index (χ4n) is 2.83. The molecule has 0 saturated heterocycles. The van der Waals surface area contributed by atoms with Crippen LogP contribution in [-0.4, -0.2) is 9.97 Å². The highest BCUT2D eigenvalue weighted by Gasteiger charge is 2.14. The summed E-state index contributed by atoms with van der Waals surface area (Å²) in [5.41, 5.74) is 12.7. The Morgan fingerprint density at radius 1 is 0.759 bits per heavy atom. The highest BCUT2D eigenvalue weighted by atomic mass is 35.5. The summed E-state index contributed by atoms with van der Waals surface area (Å²) in [5, 5.41) is 5.73. The predicted molar refractivity (Wildman–Crippen MR) is 120 cm³/mol. The Hall–Kier alpha value is -3.77. The summed E-state index contributed by atoms with van der Waals surface area (Å²) in [6.07, 6.45) is 1.46. The van der Waals surface area contributed by atoms with Gasteiger partial charge in [0.25, 0.3) is 0 Å². The van der Waals surface area contributed by atoms with Crippen molar-refractivity contribution in [3.63, 3.8) is 0 Å². The molecule has 0 fully saturated rings. The number of hydrazine groups is 1. The maximum Gasteiger partial charge on any atom is 0.173 e. The monoisotopic (exact) mass is 402 g/mol. The number of aromatic nitrogens is 2. The maximum absolute atomic E-state index is 6.36. The van der Waals surface area contributed by atoms with Crippen molar-refractivity contribution in [3.8, 4) is 0 Å². The Morgan fingerprint density at radius 3 is 2.00 bits per heavy atom. The second-order valence-corrected chi connectivity index (χ2v) is 6.67. The zero-order chi connectivity index (χ0) is 20.1. The van der Waals surface area contributed by atoms with Gasteiger partial charge in [-0.2, -0.15) is 0 Å². The number of nitrogens with two attached hydrogens (primary N) is 1. The number of hydrogen-bond donors (Lipinski definition) is 3. The van der Waals surface area contributed by atoms with Gasteiger partial charge in [-0.1, -0.05) is 54.1 Å². The normalized spacial score (nSPS) is 10.4. The average molecular weight is 403 g/mol. The lowest BCUT2D eigenvalue weighted by molar-refractivity contribution is 1.09. The molecule has 144 valence electrons. The number of halogens is 1. The highest BCUT2D eigenvalue weighted by molar-refractivity contribution is 6.30. The lowest BCUT2D eigenvalue weighted by Gasteiger charge is -2.26. The largest absolute Gasteiger partial charge is 0.393 e. The van der Waals surface area contributed by atoms with E-state index in [9.17, 15) is 0 Å². The van der Waals surface area contributed by atoms with Crippen LogP contribution in [0.1, 0.15) is 0 Å². The van der Waals surface area contributed by atoms with Crippen molar-refractivity contribution >= 4 is 46.0 Å². The van der Waals surface area contributed by atoms with E-state index in [1.165, 1.54) is 6.33 Å². The third-order valence-electron chi connectivity index (χ3n) is 4.22. The van der Waals surface area contributed by atoms with E-state index < -0.39 is 0 Å². The molecule has 1 heterocycles. The number of nitrogens with zero attached hydrogens (tertiary/aromatic N) is 3. The standard InChI is InChI=1S/C22H19ClN6/c23-16-8-7-9-17(14-16)27-21-20(24)22(26-15-25-21)28-29(18-10-3-1-4-11-18)19-12-5-2-6-13-19/h1-15H,24H2,(H2,25,26,27,28). The second-order valence-electron chi connectivity index (χ2n) is 6.24. The Kier molecular flexibility index (Phi) is 5.45. The van der Waals surface area contributed by atoms with Crippen molar-refractivity contribution < 1.29 is 0 Å². The zero-order valence-corrected chi connectivity index (χ0v) is 16.2. The average Bonchev–Trinajstić information content (AvgIpc) is 2.76. The van der Waals surface area contributed by atoms with Gasteiger partial charge in [-0.3, -0.25) is 10.4 Å². The van der Waals surface area contributed by atoms with Gasteiger partial charge < -0.3 is 11.1 Å². The molecule has 0 radical (unpaired) electrons. The maximum atomic E-state index is 6.36. The smallest absolute Gasteiger partial charge is 0.173 e. The van der Waals surface area contributed by atoms with Gasteiger partial charge in [0.2, 0.25) is 0 Å². The van der Waals surface area contributed by atoms with Crippen molar-refractivity contribution in [2.24, 2.45) is 0 Å². The summed E-state index contributed by atoms with van der Waals surface area (Å²) in [7, 11) is 0. The minimum absolute atomic E-state index is 0.393. The van der Waals surface area contributed by atoms with Crippen molar-refractivity contribution in [1.82, 2.24) is 9.97 Å². The molecule has 0 atom stereocenters. The molecule has 0 unspecified atom stereocenters. The summed E-state index contributed by atoms with van der Waals surface area (Å²) in [5.74, 6) is 0.975. The fourth-order valence-corrected chi connectivity index (χ4v) is 3.02. The van der Waals surface area contributed by atoms with Crippen LogP contribution in [0.4, 0.5) is 34.4 Å². The Morgan fingerprint density at radius 2 is 1.38 bits per heavy atom. The number of nitrogens with one attached hydrogen (secondary N) is 2. The van der Waals surface area contributed by atoms with Crippen LogP contribution >= 0.6 is 11.6 Å². The zero-order valence-electron chi connectivity index (χ0n) is 15.5. The molecule has 0 spiro atoms. The van der Waals surface area contributed by atoms with Crippen LogP contribution < -0.4 is 21.5 Å². The number of hydrogen-bond acceptors (Lipinski definition) is 6. The Bertz CT molecular complexity index is 1050. The molecule has 0 aliphatic carbocycles. The molecule has 0 aliphatic heterocycles. The van der Waals surface area contributed by atoms with Crippen LogP contribution in [0.2, 0.25) is 5.02 Å². The van der Waals surface area contributed by atoms with Gasteiger partial charge in [0.1, 0.15) is 12.0 Å². The first-order chi connectivity index (χ1) is 14.2. The van der Waals surface area contributed by atoms with E-state index in [0.717, 1.165) is 17.1 Å². The molecule has 4 N–H and O–H groups in total. The summed E-state index contributed by atoms with van der Waals surface area (Å²) in [6, 6.07) is 27.2. The summed E-state index contributed by atoms with van der Waals surface area (Å²) >= 11 is 6.06. The molecular formula is C22H19ClN6. The van der Waals surface area contributed by atoms with E-state index in [2.05, 4.69) is 20.7 Å². The number of rotatable bonds is 6. The summed E-state index contributed by atoms with van der Waals surface area (Å²) in [6.45, 7) is 0. The van der Waals surface area contributed by atoms with Crippen molar-refractivity contribution in [2.75, 3.05) is 21.5 Å². The van der Waals surface area contributed by atoms with Gasteiger partial charge in [0, 0.05) is 10.7 Å². The third-order valence-corrected chi connectivity index (χ3v) is 4.45. The van der Waals surface area contributed by atoms with E-state index in [4.69, 9.17) is 17.3 Å². The quantitative estimate of drug-likeness (QED) is 0.363. The van der Waals surface area contributed by atoms with Gasteiger partial charge in [0.15, 0.2) is 11.6 Å². The minimum Gasteiger partial charge on any atom is -0.393 e.